The summed E-state index contributed by atoms with van der Waals surface area (Å²) in [7, 11) is 0. The second-order valence-electron chi connectivity index (χ2n) is 3.30. The van der Waals surface area contributed by atoms with Crippen molar-refractivity contribution in [3.05, 3.63) is 18.2 Å². The number of carboxylic acid groups (broad SMARTS) is 1. The molecule has 5 nitrogen and oxygen atoms in total. The van der Waals surface area contributed by atoms with E-state index in [0.717, 1.165) is 25.1 Å². The molecule has 1 saturated carbocycles. The van der Waals surface area contributed by atoms with Crippen LogP contribution in [-0.4, -0.2) is 21.2 Å². The van der Waals surface area contributed by atoms with Gasteiger partial charge in [-0.15, -0.1) is 0 Å². The normalized spacial score (nSPS) is 19.1. The number of hydrogen-bond donors (Lipinski definition) is 3. The van der Waals surface area contributed by atoms with Gasteiger partial charge in [0, 0.05) is 12.4 Å². The number of imidazole rings is 1. The Morgan fingerprint density at radius 3 is 2.85 bits per heavy atom. The van der Waals surface area contributed by atoms with Gasteiger partial charge in [-0.1, -0.05) is 0 Å². The molecular weight excluding hydrogens is 170 g/mol. The van der Waals surface area contributed by atoms with E-state index in [1.165, 1.54) is 0 Å². The van der Waals surface area contributed by atoms with Crippen molar-refractivity contribution in [1.29, 1.82) is 0 Å². The average molecular weight is 181 g/mol. The maximum Gasteiger partial charge on any atom is 0.405 e. The Balaban J connectivity index is 2.20. The molecule has 0 spiro atoms. The number of carbonyl (C=O) groups is 1. The summed E-state index contributed by atoms with van der Waals surface area (Å²) in [5.41, 5.74) is -0.449. The Bertz CT molecular complexity index is 303. The Hall–Kier alpha value is -1.52. The summed E-state index contributed by atoms with van der Waals surface area (Å²) in [4.78, 5) is 17.6. The average Bonchev–Trinajstić information content (AvgIpc) is 2.48. The number of nitrogens with zero attached hydrogens (tertiary/aromatic N) is 1. The lowest BCUT2D eigenvalue weighted by atomic mass is 9.76. The summed E-state index contributed by atoms with van der Waals surface area (Å²) in [6.45, 7) is 0. The molecule has 5 heteroatoms. The molecule has 0 unspecified atom stereocenters. The molecule has 70 valence electrons. The lowest BCUT2D eigenvalue weighted by molar-refractivity contribution is 0.139. The third-order valence-electron chi connectivity index (χ3n) is 2.50. The fourth-order valence-corrected chi connectivity index (χ4v) is 1.68. The van der Waals surface area contributed by atoms with Gasteiger partial charge < -0.3 is 15.4 Å². The number of H-pyrrole nitrogens is 1. The third kappa shape index (κ3) is 1.26. The van der Waals surface area contributed by atoms with Crippen LogP contribution in [-0.2, 0) is 5.54 Å². The SMILES string of the molecule is O=C(O)NC1(c2ncc[nH]2)CCC1. The molecule has 0 aromatic carbocycles. The molecule has 0 saturated heterocycles. The number of aromatic nitrogens is 2. The molecule has 3 N–H and O–H groups in total. The first-order valence-electron chi connectivity index (χ1n) is 4.24. The lowest BCUT2D eigenvalue weighted by Gasteiger charge is -2.39. The highest BCUT2D eigenvalue weighted by Gasteiger charge is 2.42. The molecule has 1 aliphatic carbocycles. The largest absolute Gasteiger partial charge is 0.465 e. The highest BCUT2D eigenvalue weighted by molar-refractivity contribution is 5.66. The van der Waals surface area contributed by atoms with Crippen LogP contribution in [0.1, 0.15) is 25.1 Å². The van der Waals surface area contributed by atoms with E-state index in [1.54, 1.807) is 12.4 Å². The molecule has 1 aromatic heterocycles. The molecule has 1 aliphatic rings. The topological polar surface area (TPSA) is 78.0 Å². The zero-order valence-corrected chi connectivity index (χ0v) is 7.08. The van der Waals surface area contributed by atoms with Gasteiger partial charge in [-0.25, -0.2) is 9.78 Å². The smallest absolute Gasteiger partial charge is 0.405 e. The molecule has 1 fully saturated rings. The fourth-order valence-electron chi connectivity index (χ4n) is 1.68. The van der Waals surface area contributed by atoms with Crippen LogP contribution in [0.4, 0.5) is 4.79 Å². The van der Waals surface area contributed by atoms with Crippen molar-refractivity contribution in [3.63, 3.8) is 0 Å². The van der Waals surface area contributed by atoms with E-state index in [4.69, 9.17) is 5.11 Å². The standard InChI is InChI=1S/C8H11N3O2/c12-7(13)11-8(2-1-3-8)6-9-4-5-10-6/h4-5,11H,1-3H2,(H,9,10)(H,12,13). The van der Waals surface area contributed by atoms with Crippen LogP contribution >= 0.6 is 0 Å². The van der Waals surface area contributed by atoms with Crippen LogP contribution in [0.25, 0.3) is 0 Å². The van der Waals surface area contributed by atoms with E-state index in [1.807, 2.05) is 0 Å². The molecule has 0 radical (unpaired) electrons. The summed E-state index contributed by atoms with van der Waals surface area (Å²) < 4.78 is 0. The van der Waals surface area contributed by atoms with Crippen molar-refractivity contribution in [1.82, 2.24) is 15.3 Å². The van der Waals surface area contributed by atoms with Crippen LogP contribution in [0.3, 0.4) is 0 Å². The minimum absolute atomic E-state index is 0.449. The van der Waals surface area contributed by atoms with Crippen molar-refractivity contribution in [2.45, 2.75) is 24.8 Å². The summed E-state index contributed by atoms with van der Waals surface area (Å²) in [5.74, 6) is 0.723. The van der Waals surface area contributed by atoms with Crippen LogP contribution in [0.2, 0.25) is 0 Å². The highest BCUT2D eigenvalue weighted by atomic mass is 16.4. The van der Waals surface area contributed by atoms with E-state index >= 15 is 0 Å². The summed E-state index contributed by atoms with van der Waals surface area (Å²) >= 11 is 0. The number of amides is 1. The minimum atomic E-state index is -0.990. The maximum atomic E-state index is 10.6. The van der Waals surface area contributed by atoms with Crippen molar-refractivity contribution >= 4 is 6.09 Å². The number of hydrogen-bond acceptors (Lipinski definition) is 2. The first kappa shape index (κ1) is 8.10. The summed E-state index contributed by atoms with van der Waals surface area (Å²) in [6.07, 6.45) is 5.05. The predicted octanol–water partition coefficient (Wildman–Crippen LogP) is 1.06. The summed E-state index contributed by atoms with van der Waals surface area (Å²) in [5, 5.41) is 11.2. The van der Waals surface area contributed by atoms with Gasteiger partial charge in [0.25, 0.3) is 0 Å². The molecule has 1 amide bonds. The molecule has 0 bridgehead atoms. The monoisotopic (exact) mass is 181 g/mol. The van der Waals surface area contributed by atoms with Gasteiger partial charge in [0.2, 0.25) is 0 Å². The maximum absolute atomic E-state index is 10.6. The van der Waals surface area contributed by atoms with Gasteiger partial charge in [0.05, 0.1) is 0 Å². The van der Waals surface area contributed by atoms with Gasteiger partial charge >= 0.3 is 6.09 Å². The second-order valence-corrected chi connectivity index (χ2v) is 3.30. The van der Waals surface area contributed by atoms with Gasteiger partial charge in [-0.05, 0) is 19.3 Å². The van der Waals surface area contributed by atoms with E-state index in [9.17, 15) is 4.79 Å². The zero-order chi connectivity index (χ0) is 9.31. The highest BCUT2D eigenvalue weighted by Crippen LogP contribution is 2.39. The fraction of sp³-hybridized carbons (Fsp3) is 0.500. The first-order valence-corrected chi connectivity index (χ1v) is 4.24. The van der Waals surface area contributed by atoms with E-state index < -0.39 is 11.6 Å². The second kappa shape index (κ2) is 2.76. The van der Waals surface area contributed by atoms with Crippen LogP contribution in [0, 0.1) is 0 Å². The molecule has 2 rings (SSSR count). The van der Waals surface area contributed by atoms with Gasteiger partial charge in [-0.3, -0.25) is 0 Å². The first-order chi connectivity index (χ1) is 6.23. The molecular formula is C8H11N3O2. The quantitative estimate of drug-likeness (QED) is 0.638. The van der Waals surface area contributed by atoms with Crippen LogP contribution < -0.4 is 5.32 Å². The minimum Gasteiger partial charge on any atom is -0.465 e. The molecule has 0 aliphatic heterocycles. The van der Waals surface area contributed by atoms with Gasteiger partial charge in [0.1, 0.15) is 11.4 Å². The van der Waals surface area contributed by atoms with Gasteiger partial charge in [-0.2, -0.15) is 0 Å². The lowest BCUT2D eigenvalue weighted by Crippen LogP contribution is -2.51. The Morgan fingerprint density at radius 1 is 1.69 bits per heavy atom. The number of aromatic amines is 1. The molecule has 0 atom stereocenters. The molecule has 1 aromatic rings. The van der Waals surface area contributed by atoms with Gasteiger partial charge in [0.15, 0.2) is 0 Å². The zero-order valence-electron chi connectivity index (χ0n) is 7.08. The Morgan fingerprint density at radius 2 is 2.46 bits per heavy atom. The van der Waals surface area contributed by atoms with E-state index in [-0.39, 0.29) is 0 Å². The van der Waals surface area contributed by atoms with Crippen molar-refractivity contribution in [2.75, 3.05) is 0 Å². The molecule has 13 heavy (non-hydrogen) atoms. The van der Waals surface area contributed by atoms with Crippen LogP contribution in [0.5, 0.6) is 0 Å². The van der Waals surface area contributed by atoms with Crippen LogP contribution in [0.15, 0.2) is 12.4 Å². The Labute approximate surface area is 75.2 Å². The third-order valence-corrected chi connectivity index (χ3v) is 2.50. The predicted molar refractivity (Wildman–Crippen MR) is 45.3 cm³/mol. The summed E-state index contributed by atoms with van der Waals surface area (Å²) in [6, 6.07) is 0. The Kier molecular flexibility index (Phi) is 1.72. The number of rotatable bonds is 2. The molecule has 1 heterocycles. The van der Waals surface area contributed by atoms with Crippen molar-refractivity contribution in [3.8, 4) is 0 Å². The van der Waals surface area contributed by atoms with E-state index in [2.05, 4.69) is 15.3 Å². The van der Waals surface area contributed by atoms with Crippen molar-refractivity contribution in [2.24, 2.45) is 0 Å². The number of nitrogens with one attached hydrogen (secondary N) is 2. The van der Waals surface area contributed by atoms with E-state index in [0.29, 0.717) is 0 Å². The van der Waals surface area contributed by atoms with Crippen molar-refractivity contribution < 1.29 is 9.90 Å².